The monoisotopic (exact) mass is 289 g/mol. The third kappa shape index (κ3) is 6.65. The topological polar surface area (TPSA) is 80.0 Å². The molecule has 1 saturated carbocycles. The molecular weight excluding hydrogens is 262 g/mol. The summed E-state index contributed by atoms with van der Waals surface area (Å²) in [5.74, 6) is 0.146. The van der Waals surface area contributed by atoms with Gasteiger partial charge in [-0.15, -0.1) is 0 Å². The van der Waals surface area contributed by atoms with E-state index in [2.05, 4.69) is 0 Å². The molecule has 0 amide bonds. The average Bonchev–Trinajstić information content (AvgIpc) is 2.94. The van der Waals surface area contributed by atoms with Gasteiger partial charge in [0.2, 0.25) is 0 Å². The van der Waals surface area contributed by atoms with E-state index >= 15 is 0 Å². The molecule has 6 heteroatoms. The summed E-state index contributed by atoms with van der Waals surface area (Å²) in [6.07, 6.45) is 3.00. The lowest BCUT2D eigenvalue weighted by atomic mass is 9.96. The van der Waals surface area contributed by atoms with Crippen LogP contribution < -0.4 is 5.73 Å². The largest absolute Gasteiger partial charge is 0.463 e. The number of hydrogen-bond acceptors (Lipinski definition) is 6. The number of ether oxygens (including phenoxy) is 4. The number of rotatable bonds is 11. The number of carbonyl (C=O) groups excluding carboxylic acids is 1. The predicted octanol–water partition coefficient (Wildman–Crippen LogP) is 0.584. The number of nitrogens with two attached hydrogens (primary N) is 1. The number of methoxy groups -OCH3 is 1. The molecule has 0 heterocycles. The van der Waals surface area contributed by atoms with E-state index in [1.54, 1.807) is 7.11 Å². The van der Waals surface area contributed by atoms with E-state index in [4.69, 9.17) is 24.7 Å². The van der Waals surface area contributed by atoms with Gasteiger partial charge in [0.15, 0.2) is 0 Å². The van der Waals surface area contributed by atoms with E-state index in [1.807, 2.05) is 0 Å². The number of esters is 1. The Hall–Kier alpha value is -0.690. The van der Waals surface area contributed by atoms with Crippen LogP contribution in [0, 0.1) is 11.8 Å². The van der Waals surface area contributed by atoms with Gasteiger partial charge in [-0.05, 0) is 25.3 Å². The zero-order valence-corrected chi connectivity index (χ0v) is 12.3. The Morgan fingerprint density at radius 1 is 1.05 bits per heavy atom. The molecule has 2 N–H and O–H groups in total. The van der Waals surface area contributed by atoms with Crippen LogP contribution in [0.15, 0.2) is 0 Å². The molecule has 2 unspecified atom stereocenters. The highest BCUT2D eigenvalue weighted by Crippen LogP contribution is 2.31. The van der Waals surface area contributed by atoms with E-state index in [0.717, 1.165) is 19.3 Å². The molecule has 1 fully saturated rings. The molecule has 6 nitrogen and oxygen atoms in total. The lowest BCUT2D eigenvalue weighted by molar-refractivity contribution is -0.151. The van der Waals surface area contributed by atoms with Gasteiger partial charge in [-0.1, -0.05) is 6.42 Å². The zero-order chi connectivity index (χ0) is 14.6. The summed E-state index contributed by atoms with van der Waals surface area (Å²) in [5, 5.41) is 0. The second-order valence-corrected chi connectivity index (χ2v) is 4.92. The van der Waals surface area contributed by atoms with Crippen LogP contribution in [0.25, 0.3) is 0 Å². The van der Waals surface area contributed by atoms with Crippen LogP contribution >= 0.6 is 0 Å². The molecule has 0 aromatic heterocycles. The van der Waals surface area contributed by atoms with Gasteiger partial charge < -0.3 is 24.7 Å². The van der Waals surface area contributed by atoms with Crippen LogP contribution in [0.5, 0.6) is 0 Å². The van der Waals surface area contributed by atoms with Crippen LogP contribution in [-0.4, -0.2) is 59.3 Å². The summed E-state index contributed by atoms with van der Waals surface area (Å²) < 4.78 is 20.6. The first-order valence-electron chi connectivity index (χ1n) is 7.30. The van der Waals surface area contributed by atoms with Crippen molar-refractivity contribution in [3.05, 3.63) is 0 Å². The molecule has 118 valence electrons. The first-order chi connectivity index (χ1) is 9.79. The summed E-state index contributed by atoms with van der Waals surface area (Å²) in [4.78, 5) is 11.8. The highest BCUT2D eigenvalue weighted by molar-refractivity contribution is 5.73. The Morgan fingerprint density at radius 3 is 2.35 bits per heavy atom. The Balaban J connectivity index is 1.94. The molecule has 20 heavy (non-hydrogen) atoms. The van der Waals surface area contributed by atoms with Crippen LogP contribution in [0.1, 0.15) is 19.3 Å². The lowest BCUT2D eigenvalue weighted by Crippen LogP contribution is -2.27. The standard InChI is InChI=1S/C14H27NO5/c1-17-5-6-18-7-8-19-9-10-20-14(16)13-4-2-3-12(13)11-15/h12-13H,2-11,15H2,1H3. The van der Waals surface area contributed by atoms with Gasteiger partial charge in [0.1, 0.15) is 6.61 Å². The van der Waals surface area contributed by atoms with E-state index in [1.165, 1.54) is 0 Å². The van der Waals surface area contributed by atoms with Gasteiger partial charge in [-0.3, -0.25) is 4.79 Å². The maximum absolute atomic E-state index is 11.8. The molecule has 1 rings (SSSR count). The highest BCUT2D eigenvalue weighted by Gasteiger charge is 2.32. The van der Waals surface area contributed by atoms with Crippen LogP contribution in [0.3, 0.4) is 0 Å². The quantitative estimate of drug-likeness (QED) is 0.443. The Kier molecular flexibility index (Phi) is 9.57. The first-order valence-corrected chi connectivity index (χ1v) is 7.30. The third-order valence-electron chi connectivity index (χ3n) is 3.54. The summed E-state index contributed by atoms with van der Waals surface area (Å²) in [7, 11) is 1.63. The second-order valence-electron chi connectivity index (χ2n) is 4.92. The van der Waals surface area contributed by atoms with Crippen molar-refractivity contribution in [3.8, 4) is 0 Å². The summed E-state index contributed by atoms with van der Waals surface area (Å²) in [6, 6.07) is 0. The van der Waals surface area contributed by atoms with E-state index in [9.17, 15) is 4.79 Å². The van der Waals surface area contributed by atoms with Crippen LogP contribution in [-0.2, 0) is 23.7 Å². The fourth-order valence-corrected chi connectivity index (χ4v) is 2.40. The molecule has 0 bridgehead atoms. The minimum Gasteiger partial charge on any atom is -0.463 e. The SMILES string of the molecule is COCCOCCOCCOC(=O)C1CCCC1CN. The molecule has 0 spiro atoms. The van der Waals surface area contributed by atoms with Crippen molar-refractivity contribution < 1.29 is 23.7 Å². The van der Waals surface area contributed by atoms with E-state index in [-0.39, 0.29) is 17.8 Å². The molecule has 0 aromatic rings. The minimum absolute atomic E-state index is 0.0163. The van der Waals surface area contributed by atoms with Crippen molar-refractivity contribution in [2.24, 2.45) is 17.6 Å². The minimum atomic E-state index is -0.127. The Morgan fingerprint density at radius 2 is 1.70 bits per heavy atom. The van der Waals surface area contributed by atoms with Gasteiger partial charge in [0, 0.05) is 7.11 Å². The van der Waals surface area contributed by atoms with E-state index < -0.39 is 0 Å². The fraction of sp³-hybridized carbons (Fsp3) is 0.929. The van der Waals surface area contributed by atoms with Gasteiger partial charge in [0.05, 0.1) is 39.0 Å². The molecule has 0 radical (unpaired) electrons. The van der Waals surface area contributed by atoms with Crippen molar-refractivity contribution in [1.29, 1.82) is 0 Å². The molecule has 0 saturated heterocycles. The van der Waals surface area contributed by atoms with Gasteiger partial charge in [-0.25, -0.2) is 0 Å². The maximum atomic E-state index is 11.8. The summed E-state index contributed by atoms with van der Waals surface area (Å²) >= 11 is 0. The van der Waals surface area contributed by atoms with E-state index in [0.29, 0.717) is 46.2 Å². The third-order valence-corrected chi connectivity index (χ3v) is 3.54. The van der Waals surface area contributed by atoms with Crippen LogP contribution in [0.2, 0.25) is 0 Å². The fourth-order valence-electron chi connectivity index (χ4n) is 2.40. The van der Waals surface area contributed by atoms with Crippen molar-refractivity contribution in [3.63, 3.8) is 0 Å². The van der Waals surface area contributed by atoms with Crippen molar-refractivity contribution in [1.82, 2.24) is 0 Å². The molecule has 0 aromatic carbocycles. The maximum Gasteiger partial charge on any atom is 0.309 e. The van der Waals surface area contributed by atoms with Crippen molar-refractivity contribution in [2.75, 3.05) is 53.3 Å². The van der Waals surface area contributed by atoms with Crippen molar-refractivity contribution >= 4 is 5.97 Å². The van der Waals surface area contributed by atoms with Crippen molar-refractivity contribution in [2.45, 2.75) is 19.3 Å². The summed E-state index contributed by atoms with van der Waals surface area (Å²) in [5.41, 5.74) is 5.65. The van der Waals surface area contributed by atoms with Gasteiger partial charge >= 0.3 is 5.97 Å². The zero-order valence-electron chi connectivity index (χ0n) is 12.3. The molecule has 1 aliphatic rings. The smallest absolute Gasteiger partial charge is 0.309 e. The lowest BCUT2D eigenvalue weighted by Gasteiger charge is -2.16. The first kappa shape index (κ1) is 17.4. The number of hydrogen-bond donors (Lipinski definition) is 1. The number of carbonyl (C=O) groups is 1. The Labute approximate surface area is 120 Å². The normalized spacial score (nSPS) is 22.1. The second kappa shape index (κ2) is 11.0. The van der Waals surface area contributed by atoms with Crippen LogP contribution in [0.4, 0.5) is 0 Å². The molecule has 2 atom stereocenters. The van der Waals surface area contributed by atoms with Gasteiger partial charge in [0.25, 0.3) is 0 Å². The molecule has 1 aliphatic carbocycles. The Bertz CT molecular complexity index is 262. The summed E-state index contributed by atoms with van der Waals surface area (Å²) in [6.45, 7) is 3.43. The van der Waals surface area contributed by atoms with Gasteiger partial charge in [-0.2, -0.15) is 0 Å². The molecular formula is C14H27NO5. The molecule has 0 aliphatic heterocycles. The average molecular weight is 289 g/mol. The highest BCUT2D eigenvalue weighted by atomic mass is 16.6. The predicted molar refractivity (Wildman–Crippen MR) is 74.4 cm³/mol.